The lowest BCUT2D eigenvalue weighted by Gasteiger charge is -2.62. The molecule has 10 atom stereocenters. The molecule has 4 fully saturated rings. The minimum atomic E-state index is -0.274. The monoisotopic (exact) mass is 448 g/mol. The summed E-state index contributed by atoms with van der Waals surface area (Å²) >= 11 is 0. The normalized spacial score (nSPS) is 46.4. The van der Waals surface area contributed by atoms with Crippen molar-refractivity contribution in [2.24, 2.45) is 46.3 Å². The third-order valence-corrected chi connectivity index (χ3v) is 10.8. The Kier molecular flexibility index (Phi) is 6.70. The van der Waals surface area contributed by atoms with Crippen LogP contribution in [0.3, 0.4) is 0 Å². The van der Waals surface area contributed by atoms with Crippen LogP contribution in [0.4, 0.5) is 0 Å². The predicted molar refractivity (Wildman–Crippen MR) is 123 cm³/mol. The van der Waals surface area contributed by atoms with Gasteiger partial charge in [-0.1, -0.05) is 20.8 Å². The molecule has 0 aromatic rings. The Bertz CT molecular complexity index is 721. The van der Waals surface area contributed by atoms with Gasteiger partial charge in [0.15, 0.2) is 0 Å². The molecule has 5 heteroatoms. The van der Waals surface area contributed by atoms with Crippen molar-refractivity contribution in [2.45, 2.75) is 104 Å². The molecule has 0 bridgehead atoms. The first kappa shape index (κ1) is 24.0. The van der Waals surface area contributed by atoms with Crippen LogP contribution in [0, 0.1) is 46.3 Å². The second-order valence-corrected chi connectivity index (χ2v) is 12.1. The minimum Gasteiger partial charge on any atom is -0.469 e. The van der Waals surface area contributed by atoms with Gasteiger partial charge >= 0.3 is 11.9 Å². The van der Waals surface area contributed by atoms with Crippen molar-refractivity contribution in [1.29, 1.82) is 0 Å². The lowest BCUT2D eigenvalue weighted by molar-refractivity contribution is -0.181. The zero-order valence-electron chi connectivity index (χ0n) is 20.8. The second kappa shape index (κ2) is 8.92. The summed E-state index contributed by atoms with van der Waals surface area (Å²) in [6, 6.07) is 0. The van der Waals surface area contributed by atoms with Crippen LogP contribution >= 0.6 is 0 Å². The van der Waals surface area contributed by atoms with Gasteiger partial charge in [0.25, 0.3) is 0 Å². The molecule has 0 aromatic carbocycles. The number of aliphatic hydroxyl groups excluding tert-OH is 1. The molecule has 182 valence electrons. The molecular weight excluding hydrogens is 404 g/mol. The summed E-state index contributed by atoms with van der Waals surface area (Å²) in [6.07, 6.45) is 9.92. The highest BCUT2D eigenvalue weighted by molar-refractivity contribution is 5.69. The first-order valence-corrected chi connectivity index (χ1v) is 13.0. The van der Waals surface area contributed by atoms with Gasteiger partial charge in [-0.05, 0) is 104 Å². The maximum Gasteiger partial charge on any atom is 0.305 e. The zero-order chi connectivity index (χ0) is 23.3. The molecule has 4 saturated carbocycles. The number of aliphatic hydroxyl groups is 1. The molecule has 0 amide bonds. The maximum absolute atomic E-state index is 11.7. The Balaban J connectivity index is 1.50. The van der Waals surface area contributed by atoms with Crippen LogP contribution in [0.1, 0.15) is 91.9 Å². The number of rotatable bonds is 5. The minimum absolute atomic E-state index is 0.0468. The molecule has 1 N–H and O–H groups in total. The number of hydrogen-bond acceptors (Lipinski definition) is 5. The van der Waals surface area contributed by atoms with E-state index in [1.807, 2.05) is 0 Å². The topological polar surface area (TPSA) is 72.8 Å². The van der Waals surface area contributed by atoms with Crippen LogP contribution in [0.5, 0.6) is 0 Å². The fourth-order valence-corrected chi connectivity index (χ4v) is 9.13. The third-order valence-electron chi connectivity index (χ3n) is 10.8. The van der Waals surface area contributed by atoms with E-state index < -0.39 is 0 Å². The molecule has 0 aliphatic heterocycles. The van der Waals surface area contributed by atoms with Gasteiger partial charge in [0.1, 0.15) is 6.10 Å². The van der Waals surface area contributed by atoms with Gasteiger partial charge in [-0.3, -0.25) is 9.59 Å². The molecule has 4 rings (SSSR count). The van der Waals surface area contributed by atoms with Gasteiger partial charge in [-0.25, -0.2) is 0 Å². The van der Waals surface area contributed by atoms with E-state index in [9.17, 15) is 14.7 Å². The Morgan fingerprint density at radius 2 is 1.81 bits per heavy atom. The molecule has 4 aliphatic carbocycles. The predicted octanol–water partition coefficient (Wildman–Crippen LogP) is 5.14. The van der Waals surface area contributed by atoms with E-state index in [4.69, 9.17) is 9.47 Å². The van der Waals surface area contributed by atoms with Crippen LogP contribution in [0.2, 0.25) is 0 Å². The summed E-state index contributed by atoms with van der Waals surface area (Å²) in [5, 5.41) is 11.6. The Morgan fingerprint density at radius 1 is 1.06 bits per heavy atom. The Labute approximate surface area is 194 Å². The number of ether oxygens (including phenoxy) is 2. The highest BCUT2D eigenvalue weighted by Gasteiger charge is 2.63. The Morgan fingerprint density at radius 3 is 2.50 bits per heavy atom. The maximum atomic E-state index is 11.7. The van der Waals surface area contributed by atoms with E-state index in [0.29, 0.717) is 41.9 Å². The fourth-order valence-electron chi connectivity index (χ4n) is 9.13. The summed E-state index contributed by atoms with van der Waals surface area (Å²) in [5.41, 5.74) is 0.200. The van der Waals surface area contributed by atoms with E-state index in [2.05, 4.69) is 20.8 Å². The summed E-state index contributed by atoms with van der Waals surface area (Å²) in [5.74, 6) is 3.02. The van der Waals surface area contributed by atoms with Gasteiger partial charge in [0, 0.05) is 13.3 Å². The molecule has 4 aliphatic rings. The summed E-state index contributed by atoms with van der Waals surface area (Å²) in [7, 11) is 1.46. The lowest BCUT2D eigenvalue weighted by Crippen LogP contribution is -2.59. The fraction of sp³-hybridized carbons (Fsp3) is 0.926. The van der Waals surface area contributed by atoms with Gasteiger partial charge in [0.2, 0.25) is 0 Å². The van der Waals surface area contributed by atoms with Crippen molar-refractivity contribution >= 4 is 11.9 Å². The molecule has 0 saturated heterocycles. The molecular formula is C27H44O5. The van der Waals surface area contributed by atoms with Gasteiger partial charge in [0.05, 0.1) is 13.2 Å². The average molecular weight is 449 g/mol. The summed E-state index contributed by atoms with van der Waals surface area (Å²) < 4.78 is 10.5. The van der Waals surface area contributed by atoms with Crippen molar-refractivity contribution in [2.75, 3.05) is 7.11 Å². The first-order chi connectivity index (χ1) is 15.1. The number of carbonyl (C=O) groups excluding carboxylic acids is 2. The van der Waals surface area contributed by atoms with Crippen LogP contribution in [-0.2, 0) is 19.1 Å². The van der Waals surface area contributed by atoms with Crippen molar-refractivity contribution < 1.29 is 24.2 Å². The van der Waals surface area contributed by atoms with E-state index >= 15 is 0 Å². The Hall–Kier alpha value is -1.10. The molecule has 0 heterocycles. The molecule has 5 nitrogen and oxygen atoms in total. The lowest BCUT2D eigenvalue weighted by atomic mass is 9.43. The summed E-state index contributed by atoms with van der Waals surface area (Å²) in [4.78, 5) is 23.2. The van der Waals surface area contributed by atoms with E-state index in [-0.39, 0.29) is 35.0 Å². The number of carbonyl (C=O) groups is 2. The van der Waals surface area contributed by atoms with Crippen molar-refractivity contribution in [1.82, 2.24) is 0 Å². The van der Waals surface area contributed by atoms with E-state index in [1.165, 1.54) is 39.7 Å². The van der Waals surface area contributed by atoms with Crippen molar-refractivity contribution in [3.8, 4) is 0 Å². The third kappa shape index (κ3) is 3.91. The molecule has 32 heavy (non-hydrogen) atoms. The van der Waals surface area contributed by atoms with Crippen molar-refractivity contribution in [3.63, 3.8) is 0 Å². The SMILES string of the molecule is COC(=O)CC[C@@H](C)[C@H]1CC[C@H]2[C@@H]3CC[C@@H]4C[C@H](OC(C)=O)CC[C@@]4(C)[C@H]3C[C@H](O)[C@@]12C. The molecule has 0 radical (unpaired) electrons. The first-order valence-electron chi connectivity index (χ1n) is 13.0. The number of methoxy groups -OCH3 is 1. The number of esters is 2. The molecule has 0 spiro atoms. The average Bonchev–Trinajstić information content (AvgIpc) is 3.11. The second-order valence-electron chi connectivity index (χ2n) is 12.1. The van der Waals surface area contributed by atoms with Crippen LogP contribution in [-0.4, -0.2) is 36.4 Å². The highest BCUT2D eigenvalue weighted by Crippen LogP contribution is 2.68. The molecule has 0 unspecified atom stereocenters. The van der Waals surface area contributed by atoms with Crippen LogP contribution in [0.25, 0.3) is 0 Å². The molecule has 0 aromatic heterocycles. The van der Waals surface area contributed by atoms with Gasteiger partial charge in [-0.15, -0.1) is 0 Å². The van der Waals surface area contributed by atoms with Crippen LogP contribution < -0.4 is 0 Å². The number of hydrogen-bond donors (Lipinski definition) is 1. The standard InChI is InChI=1S/C27H44O5/c1-16(6-11-25(30)31-5)21-9-10-22-20-8-7-18-14-19(32-17(2)28)12-13-26(18,3)23(20)15-24(29)27(21,22)4/h16,18-24,29H,6-15H2,1-5H3/t16-,18-,19-,20+,21-,22+,23+,24+,26-,27+/m1/s1. The van der Waals surface area contributed by atoms with Crippen molar-refractivity contribution in [3.05, 3.63) is 0 Å². The zero-order valence-corrected chi connectivity index (χ0v) is 20.8. The van der Waals surface area contributed by atoms with E-state index in [1.54, 1.807) is 0 Å². The smallest absolute Gasteiger partial charge is 0.305 e. The number of fused-ring (bicyclic) bond motifs is 5. The van der Waals surface area contributed by atoms with E-state index in [0.717, 1.165) is 32.1 Å². The summed E-state index contributed by atoms with van der Waals surface area (Å²) in [6.45, 7) is 8.62. The largest absolute Gasteiger partial charge is 0.469 e. The quantitative estimate of drug-likeness (QED) is 0.590. The van der Waals surface area contributed by atoms with Gasteiger partial charge in [-0.2, -0.15) is 0 Å². The van der Waals surface area contributed by atoms with Gasteiger partial charge < -0.3 is 14.6 Å². The van der Waals surface area contributed by atoms with Crippen LogP contribution in [0.15, 0.2) is 0 Å². The highest BCUT2D eigenvalue weighted by atomic mass is 16.5.